The van der Waals surface area contributed by atoms with Crippen LogP contribution in [0.4, 0.5) is 5.69 Å². The van der Waals surface area contributed by atoms with Crippen LogP contribution in [-0.2, 0) is 10.0 Å². The monoisotopic (exact) mass is 432 g/mol. The van der Waals surface area contributed by atoms with Crippen LogP contribution in [0.1, 0.15) is 10.4 Å². The number of hydrogen-bond acceptors (Lipinski definition) is 3. The molecule has 2 aromatic carbocycles. The Bertz CT molecular complexity index is 790. The molecule has 0 heterocycles. The van der Waals surface area contributed by atoms with Gasteiger partial charge in [0.1, 0.15) is 4.90 Å². The largest absolute Gasteiger partial charge is 0.366 e. The van der Waals surface area contributed by atoms with Crippen molar-refractivity contribution in [3.63, 3.8) is 0 Å². The highest BCUT2D eigenvalue weighted by Gasteiger charge is 2.18. The highest BCUT2D eigenvalue weighted by atomic mass is 79.9. The minimum Gasteiger partial charge on any atom is -0.366 e. The van der Waals surface area contributed by atoms with Gasteiger partial charge < -0.3 is 5.73 Å². The highest BCUT2D eigenvalue weighted by molar-refractivity contribution is 9.11. The molecule has 21 heavy (non-hydrogen) atoms. The zero-order chi connectivity index (χ0) is 15.6. The van der Waals surface area contributed by atoms with Crippen LogP contribution in [0.15, 0.2) is 56.3 Å². The third kappa shape index (κ3) is 3.84. The minimum atomic E-state index is -3.74. The Morgan fingerprint density at radius 2 is 1.67 bits per heavy atom. The Morgan fingerprint density at radius 1 is 1.05 bits per heavy atom. The Hall–Kier alpha value is -1.38. The number of hydrogen-bond donors (Lipinski definition) is 2. The van der Waals surface area contributed by atoms with Crippen molar-refractivity contribution in [1.29, 1.82) is 0 Å². The molecule has 0 aliphatic heterocycles. The molecule has 0 aromatic heterocycles. The fourth-order valence-corrected chi connectivity index (χ4v) is 4.16. The number of halogens is 2. The van der Waals surface area contributed by atoms with Gasteiger partial charge in [-0.15, -0.1) is 0 Å². The van der Waals surface area contributed by atoms with Gasteiger partial charge in [-0.2, -0.15) is 0 Å². The van der Waals surface area contributed by atoms with Crippen LogP contribution in [0, 0.1) is 0 Å². The summed E-state index contributed by atoms with van der Waals surface area (Å²) in [4.78, 5) is 11.1. The first-order chi connectivity index (χ1) is 9.79. The Morgan fingerprint density at radius 3 is 2.24 bits per heavy atom. The zero-order valence-electron chi connectivity index (χ0n) is 10.5. The second-order valence-electron chi connectivity index (χ2n) is 4.12. The van der Waals surface area contributed by atoms with Crippen LogP contribution < -0.4 is 10.5 Å². The summed E-state index contributed by atoms with van der Waals surface area (Å²) < 4.78 is 28.2. The number of primary amides is 1. The Balaban J connectivity index is 2.33. The molecule has 0 unspecified atom stereocenters. The summed E-state index contributed by atoms with van der Waals surface area (Å²) in [6.45, 7) is 0. The van der Waals surface area contributed by atoms with Gasteiger partial charge in [0.25, 0.3) is 10.0 Å². The predicted octanol–water partition coefficient (Wildman–Crippen LogP) is 3.11. The van der Waals surface area contributed by atoms with Gasteiger partial charge in [0.05, 0.1) is 0 Å². The van der Waals surface area contributed by atoms with Gasteiger partial charge in [0.15, 0.2) is 0 Å². The number of benzene rings is 2. The first-order valence-corrected chi connectivity index (χ1v) is 8.74. The normalized spacial score (nSPS) is 11.1. The molecule has 8 heteroatoms. The molecular formula is C13H10Br2N2O3S. The first-order valence-electron chi connectivity index (χ1n) is 5.67. The van der Waals surface area contributed by atoms with Gasteiger partial charge in [-0.3, -0.25) is 9.52 Å². The molecule has 0 saturated carbocycles. The molecule has 110 valence electrons. The number of rotatable bonds is 4. The summed E-state index contributed by atoms with van der Waals surface area (Å²) >= 11 is 6.44. The van der Waals surface area contributed by atoms with Crippen molar-refractivity contribution in [3.05, 3.63) is 57.0 Å². The lowest BCUT2D eigenvalue weighted by molar-refractivity contribution is 0.100. The average Bonchev–Trinajstić information content (AvgIpc) is 2.41. The summed E-state index contributed by atoms with van der Waals surface area (Å²) in [6, 6.07) is 10.7. The number of sulfonamides is 1. The van der Waals surface area contributed by atoms with E-state index in [-0.39, 0.29) is 4.90 Å². The third-order valence-electron chi connectivity index (χ3n) is 2.60. The van der Waals surface area contributed by atoms with Crippen molar-refractivity contribution in [2.75, 3.05) is 4.72 Å². The second kappa shape index (κ2) is 6.17. The number of carbonyl (C=O) groups excluding carboxylic acids is 1. The lowest BCUT2D eigenvalue weighted by atomic mass is 10.2. The van der Waals surface area contributed by atoms with E-state index >= 15 is 0 Å². The van der Waals surface area contributed by atoms with Crippen molar-refractivity contribution in [3.8, 4) is 0 Å². The molecule has 0 bridgehead atoms. The number of anilines is 1. The summed E-state index contributed by atoms with van der Waals surface area (Å²) in [5, 5.41) is 0. The van der Waals surface area contributed by atoms with Crippen LogP contribution in [0.5, 0.6) is 0 Å². The topological polar surface area (TPSA) is 89.3 Å². The summed E-state index contributed by atoms with van der Waals surface area (Å²) in [5.74, 6) is -0.570. The SMILES string of the molecule is NC(=O)c1ccc(NS(=O)(=O)c2cc(Br)ccc2Br)cc1. The van der Waals surface area contributed by atoms with Crippen LogP contribution in [0.2, 0.25) is 0 Å². The molecule has 0 aliphatic rings. The smallest absolute Gasteiger partial charge is 0.263 e. The molecular weight excluding hydrogens is 424 g/mol. The molecule has 0 aliphatic carbocycles. The zero-order valence-corrected chi connectivity index (χ0v) is 14.5. The van der Waals surface area contributed by atoms with E-state index < -0.39 is 15.9 Å². The maximum absolute atomic E-state index is 12.3. The maximum atomic E-state index is 12.3. The van der Waals surface area contributed by atoms with E-state index in [4.69, 9.17) is 5.73 Å². The molecule has 0 spiro atoms. The maximum Gasteiger partial charge on any atom is 0.263 e. The fourth-order valence-electron chi connectivity index (χ4n) is 1.60. The molecule has 2 aromatic rings. The molecule has 0 saturated heterocycles. The van der Waals surface area contributed by atoms with Crippen LogP contribution in [0.3, 0.4) is 0 Å². The number of nitrogens with one attached hydrogen (secondary N) is 1. The molecule has 0 radical (unpaired) electrons. The van der Waals surface area contributed by atoms with Crippen molar-refractivity contribution >= 4 is 53.5 Å². The van der Waals surface area contributed by atoms with Gasteiger partial charge in [0, 0.05) is 20.2 Å². The predicted molar refractivity (Wildman–Crippen MR) is 87.6 cm³/mol. The molecule has 2 rings (SSSR count). The lowest BCUT2D eigenvalue weighted by Crippen LogP contribution is -2.14. The van der Waals surface area contributed by atoms with E-state index in [1.807, 2.05) is 0 Å². The van der Waals surface area contributed by atoms with E-state index in [1.54, 1.807) is 12.1 Å². The van der Waals surface area contributed by atoms with E-state index in [2.05, 4.69) is 36.6 Å². The van der Waals surface area contributed by atoms with Gasteiger partial charge in [-0.05, 0) is 58.4 Å². The quantitative estimate of drug-likeness (QED) is 0.776. The first kappa shape index (κ1) is 16.0. The van der Waals surface area contributed by atoms with E-state index in [9.17, 15) is 13.2 Å². The summed E-state index contributed by atoms with van der Waals surface area (Å²) in [6.07, 6.45) is 0. The van der Waals surface area contributed by atoms with Crippen LogP contribution >= 0.6 is 31.9 Å². The summed E-state index contributed by atoms with van der Waals surface area (Å²) in [7, 11) is -3.74. The van der Waals surface area contributed by atoms with Crippen molar-refractivity contribution < 1.29 is 13.2 Å². The van der Waals surface area contributed by atoms with Crippen molar-refractivity contribution in [2.45, 2.75) is 4.90 Å². The number of nitrogens with two attached hydrogens (primary N) is 1. The molecule has 0 fully saturated rings. The summed E-state index contributed by atoms with van der Waals surface area (Å²) in [5.41, 5.74) is 5.78. The van der Waals surface area contributed by atoms with Gasteiger partial charge in [0.2, 0.25) is 5.91 Å². The highest BCUT2D eigenvalue weighted by Crippen LogP contribution is 2.27. The average molecular weight is 434 g/mol. The van der Waals surface area contributed by atoms with Crippen molar-refractivity contribution in [1.82, 2.24) is 0 Å². The molecule has 1 amide bonds. The number of amides is 1. The fraction of sp³-hybridized carbons (Fsp3) is 0. The lowest BCUT2D eigenvalue weighted by Gasteiger charge is -2.10. The van der Waals surface area contributed by atoms with Crippen LogP contribution in [-0.4, -0.2) is 14.3 Å². The molecule has 5 nitrogen and oxygen atoms in total. The van der Waals surface area contributed by atoms with Crippen molar-refractivity contribution in [2.24, 2.45) is 5.73 Å². The Labute approximate surface area is 138 Å². The van der Waals surface area contributed by atoms with E-state index in [0.29, 0.717) is 20.2 Å². The van der Waals surface area contributed by atoms with Gasteiger partial charge in [-0.25, -0.2) is 8.42 Å². The molecule has 0 atom stereocenters. The second-order valence-corrected chi connectivity index (χ2v) is 7.54. The standard InChI is InChI=1S/C13H10Br2N2O3S/c14-9-3-6-11(15)12(7-9)21(19,20)17-10-4-1-8(2-5-10)13(16)18/h1-7,17H,(H2,16,18). The third-order valence-corrected chi connectivity index (χ3v) is 5.47. The Kier molecular flexibility index (Phi) is 4.70. The van der Waals surface area contributed by atoms with E-state index in [1.165, 1.54) is 30.3 Å². The molecule has 3 N–H and O–H groups in total. The van der Waals surface area contributed by atoms with Gasteiger partial charge >= 0.3 is 0 Å². The van der Waals surface area contributed by atoms with Crippen LogP contribution in [0.25, 0.3) is 0 Å². The van der Waals surface area contributed by atoms with Gasteiger partial charge in [-0.1, -0.05) is 15.9 Å². The van der Waals surface area contributed by atoms with E-state index in [0.717, 1.165) is 0 Å². The minimum absolute atomic E-state index is 0.107. The number of carbonyl (C=O) groups is 1.